The molecule has 192 valence electrons. The maximum Gasteiger partial charge on any atom is 0.321 e. The number of anilines is 1. The molecule has 2 heterocycles. The minimum absolute atomic E-state index is 0.0242. The number of benzene rings is 1. The van der Waals surface area contributed by atoms with E-state index in [1.165, 1.54) is 5.56 Å². The summed E-state index contributed by atoms with van der Waals surface area (Å²) in [6.07, 6.45) is 7.50. The smallest absolute Gasteiger partial charge is 0.321 e. The number of pyridine rings is 1. The van der Waals surface area contributed by atoms with E-state index in [0.29, 0.717) is 18.9 Å². The van der Waals surface area contributed by atoms with Crippen LogP contribution in [-0.4, -0.2) is 81.6 Å². The summed E-state index contributed by atoms with van der Waals surface area (Å²) in [5, 5.41) is 13.8. The van der Waals surface area contributed by atoms with Gasteiger partial charge in [-0.3, -0.25) is 9.69 Å². The van der Waals surface area contributed by atoms with Gasteiger partial charge in [0.1, 0.15) is 12.4 Å². The number of aliphatic hydroxyl groups is 1. The SMILES string of the molecule is CN(C)C1(c2ccccc2)CCC2(CC1)CN(CC(=O)Nc1ccccn1)C(=O)N2CC1(O)CCC1. The van der Waals surface area contributed by atoms with E-state index in [1.807, 2.05) is 17.0 Å². The van der Waals surface area contributed by atoms with E-state index in [4.69, 9.17) is 0 Å². The van der Waals surface area contributed by atoms with Crippen LogP contribution < -0.4 is 5.32 Å². The quantitative estimate of drug-likeness (QED) is 0.619. The van der Waals surface area contributed by atoms with Crippen LogP contribution in [0.15, 0.2) is 54.7 Å². The Morgan fingerprint density at radius 2 is 1.72 bits per heavy atom. The van der Waals surface area contributed by atoms with Crippen molar-refractivity contribution in [3.05, 3.63) is 60.3 Å². The topological polar surface area (TPSA) is 89.0 Å². The molecule has 3 amide bonds. The highest BCUT2D eigenvalue weighted by Gasteiger charge is 2.56. The Labute approximate surface area is 213 Å². The summed E-state index contributed by atoms with van der Waals surface area (Å²) >= 11 is 0. The zero-order valence-electron chi connectivity index (χ0n) is 21.3. The Morgan fingerprint density at radius 3 is 2.31 bits per heavy atom. The molecule has 5 rings (SSSR count). The normalized spacial score (nSPS) is 27.4. The molecule has 1 aliphatic heterocycles. The number of rotatable bonds is 7. The summed E-state index contributed by atoms with van der Waals surface area (Å²) in [6.45, 7) is 0.809. The molecule has 2 saturated carbocycles. The first-order valence-electron chi connectivity index (χ1n) is 13.0. The lowest BCUT2D eigenvalue weighted by molar-refractivity contribution is -0.116. The van der Waals surface area contributed by atoms with Crippen LogP contribution in [0.2, 0.25) is 0 Å². The van der Waals surface area contributed by atoms with E-state index in [9.17, 15) is 14.7 Å². The van der Waals surface area contributed by atoms with Crippen molar-refractivity contribution in [1.82, 2.24) is 19.7 Å². The molecule has 8 nitrogen and oxygen atoms in total. The summed E-state index contributed by atoms with van der Waals surface area (Å²) in [5.74, 6) is 0.213. The van der Waals surface area contributed by atoms with Gasteiger partial charge in [-0.25, -0.2) is 9.78 Å². The molecule has 2 aliphatic carbocycles. The van der Waals surface area contributed by atoms with Crippen molar-refractivity contribution >= 4 is 17.8 Å². The molecule has 1 aromatic carbocycles. The highest BCUT2D eigenvalue weighted by atomic mass is 16.3. The third kappa shape index (κ3) is 4.48. The summed E-state index contributed by atoms with van der Waals surface area (Å²) in [4.78, 5) is 36.5. The largest absolute Gasteiger partial charge is 0.388 e. The van der Waals surface area contributed by atoms with E-state index in [0.717, 1.165) is 44.9 Å². The van der Waals surface area contributed by atoms with Crippen molar-refractivity contribution in [3.63, 3.8) is 0 Å². The fraction of sp³-hybridized carbons (Fsp3) is 0.536. The van der Waals surface area contributed by atoms with E-state index in [-0.39, 0.29) is 29.6 Å². The first-order chi connectivity index (χ1) is 17.3. The van der Waals surface area contributed by atoms with Gasteiger partial charge in [0, 0.05) is 18.3 Å². The van der Waals surface area contributed by atoms with Crippen molar-refractivity contribution < 1.29 is 14.7 Å². The Bertz CT molecular complexity index is 1080. The second kappa shape index (κ2) is 9.48. The number of hydrogen-bond donors (Lipinski definition) is 2. The molecule has 2 N–H and O–H groups in total. The molecule has 3 fully saturated rings. The van der Waals surface area contributed by atoms with Crippen LogP contribution in [0.25, 0.3) is 0 Å². The first kappa shape index (κ1) is 24.7. The molecule has 36 heavy (non-hydrogen) atoms. The number of carbonyl (C=O) groups is 2. The van der Waals surface area contributed by atoms with Gasteiger partial charge in [-0.2, -0.15) is 0 Å². The number of amides is 3. The minimum Gasteiger partial charge on any atom is -0.388 e. The molecule has 8 heteroatoms. The molecule has 0 unspecified atom stereocenters. The number of β-amino-alcohol motifs (C(OH)–C–C–N with tert-alkyl or cyclic N) is 1. The van der Waals surface area contributed by atoms with Crippen molar-refractivity contribution in [3.8, 4) is 0 Å². The highest BCUT2D eigenvalue weighted by molar-refractivity contribution is 5.94. The van der Waals surface area contributed by atoms with Crippen molar-refractivity contribution in [2.45, 2.75) is 61.6 Å². The summed E-state index contributed by atoms with van der Waals surface area (Å²) in [6, 6.07) is 15.8. The number of carbonyl (C=O) groups excluding carboxylic acids is 2. The van der Waals surface area contributed by atoms with E-state index in [1.54, 1.807) is 23.2 Å². The van der Waals surface area contributed by atoms with Gasteiger partial charge in [0.05, 0.1) is 17.7 Å². The number of nitrogens with one attached hydrogen (secondary N) is 1. The second-order valence-electron chi connectivity index (χ2n) is 11.1. The molecular weight excluding hydrogens is 454 g/mol. The lowest BCUT2D eigenvalue weighted by Gasteiger charge is -2.52. The third-order valence-corrected chi connectivity index (χ3v) is 8.74. The van der Waals surface area contributed by atoms with E-state index in [2.05, 4.69) is 53.6 Å². The average molecular weight is 492 g/mol. The Kier molecular flexibility index (Phi) is 6.51. The van der Waals surface area contributed by atoms with Gasteiger partial charge in [-0.15, -0.1) is 0 Å². The number of nitrogens with zero attached hydrogens (tertiary/aromatic N) is 4. The molecule has 1 aromatic heterocycles. The molecule has 1 saturated heterocycles. The van der Waals surface area contributed by atoms with Crippen LogP contribution in [0, 0.1) is 0 Å². The van der Waals surface area contributed by atoms with E-state index >= 15 is 0 Å². The number of aromatic nitrogens is 1. The Hall–Kier alpha value is -2.97. The van der Waals surface area contributed by atoms with Crippen LogP contribution in [0.1, 0.15) is 50.5 Å². The zero-order chi connectivity index (χ0) is 25.4. The summed E-state index contributed by atoms with van der Waals surface area (Å²) in [7, 11) is 4.27. The van der Waals surface area contributed by atoms with E-state index < -0.39 is 5.60 Å². The molecule has 1 spiro atoms. The lowest BCUT2D eigenvalue weighted by Crippen LogP contribution is -2.59. The van der Waals surface area contributed by atoms with Crippen molar-refractivity contribution in [1.29, 1.82) is 0 Å². The molecule has 2 aromatic rings. The first-order valence-corrected chi connectivity index (χ1v) is 13.0. The van der Waals surface area contributed by atoms with Gasteiger partial charge < -0.3 is 20.2 Å². The van der Waals surface area contributed by atoms with Crippen LogP contribution >= 0.6 is 0 Å². The molecule has 0 bridgehead atoms. The highest BCUT2D eigenvalue weighted by Crippen LogP contribution is 2.50. The molecule has 0 atom stereocenters. The standard InChI is InChI=1S/C28H37N5O3/c1-31(2)28(22-9-4-3-5-10-22)16-14-26(15-17-28)20-32(19-24(34)30-23-11-6-7-18-29-23)25(35)33(26)21-27(36)12-8-13-27/h3-7,9-11,18,36H,8,12-17,19-21H2,1-2H3,(H,29,30,34). The Balaban J connectivity index is 1.37. The van der Waals surface area contributed by atoms with Crippen molar-refractivity contribution in [2.75, 3.05) is 39.0 Å². The second-order valence-corrected chi connectivity index (χ2v) is 11.1. The monoisotopic (exact) mass is 491 g/mol. The van der Waals surface area contributed by atoms with Crippen LogP contribution in [-0.2, 0) is 10.3 Å². The fourth-order valence-corrected chi connectivity index (χ4v) is 6.37. The Morgan fingerprint density at radius 1 is 1.03 bits per heavy atom. The summed E-state index contributed by atoms with van der Waals surface area (Å²) < 4.78 is 0. The number of urea groups is 1. The van der Waals surface area contributed by atoms with Gasteiger partial charge in [0.25, 0.3) is 0 Å². The van der Waals surface area contributed by atoms with Crippen molar-refractivity contribution in [2.24, 2.45) is 0 Å². The van der Waals surface area contributed by atoms with Gasteiger partial charge in [0.15, 0.2) is 0 Å². The van der Waals surface area contributed by atoms with Gasteiger partial charge in [-0.1, -0.05) is 36.4 Å². The number of hydrogen-bond acceptors (Lipinski definition) is 5. The van der Waals surface area contributed by atoms with Gasteiger partial charge >= 0.3 is 6.03 Å². The van der Waals surface area contributed by atoms with Gasteiger partial charge in [0.2, 0.25) is 5.91 Å². The van der Waals surface area contributed by atoms with Crippen LogP contribution in [0.3, 0.4) is 0 Å². The minimum atomic E-state index is -0.815. The third-order valence-electron chi connectivity index (χ3n) is 8.74. The zero-order valence-corrected chi connectivity index (χ0v) is 21.3. The van der Waals surface area contributed by atoms with Crippen LogP contribution in [0.4, 0.5) is 10.6 Å². The molecule has 3 aliphatic rings. The predicted octanol–water partition coefficient (Wildman–Crippen LogP) is 3.44. The van der Waals surface area contributed by atoms with Gasteiger partial charge in [-0.05, 0) is 76.7 Å². The summed E-state index contributed by atoms with van der Waals surface area (Å²) in [5.41, 5.74) is -0.00461. The average Bonchev–Trinajstić information content (AvgIpc) is 3.09. The molecule has 0 radical (unpaired) electrons. The maximum atomic E-state index is 13.7. The fourth-order valence-electron chi connectivity index (χ4n) is 6.37. The molecular formula is C28H37N5O3. The lowest BCUT2D eigenvalue weighted by atomic mass is 9.67. The maximum absolute atomic E-state index is 13.7. The van der Waals surface area contributed by atoms with Crippen LogP contribution in [0.5, 0.6) is 0 Å². The predicted molar refractivity (Wildman–Crippen MR) is 138 cm³/mol.